The van der Waals surface area contributed by atoms with Gasteiger partial charge < -0.3 is 15.8 Å². The van der Waals surface area contributed by atoms with Gasteiger partial charge in [-0.2, -0.15) is 0 Å². The van der Waals surface area contributed by atoms with Gasteiger partial charge in [0, 0.05) is 29.9 Å². The smallest absolute Gasteiger partial charge is 0.188 e. The van der Waals surface area contributed by atoms with Crippen LogP contribution in [0.15, 0.2) is 53.7 Å². The number of aliphatic imine (C=N–C) groups is 1. The molecule has 7 heteroatoms. The number of pyridine rings is 1. The van der Waals surface area contributed by atoms with Gasteiger partial charge in [-0.3, -0.25) is 4.98 Å². The molecular formula is C17H22ClIN4O. The highest BCUT2D eigenvalue weighted by atomic mass is 127. The summed E-state index contributed by atoms with van der Waals surface area (Å²) in [6.45, 7) is 3.09. The molecule has 0 aliphatic rings. The van der Waals surface area contributed by atoms with Crippen LogP contribution in [0.1, 0.15) is 12.6 Å². The fraction of sp³-hybridized carbons (Fsp3) is 0.294. The highest BCUT2D eigenvalue weighted by molar-refractivity contribution is 14.0. The van der Waals surface area contributed by atoms with Crippen molar-refractivity contribution in [3.63, 3.8) is 0 Å². The Labute approximate surface area is 164 Å². The fourth-order valence-electron chi connectivity index (χ4n) is 1.96. The molecule has 2 rings (SSSR count). The first-order chi connectivity index (χ1) is 11.1. The molecule has 5 nitrogen and oxygen atoms in total. The van der Waals surface area contributed by atoms with Crippen molar-refractivity contribution >= 4 is 41.5 Å². The van der Waals surface area contributed by atoms with Gasteiger partial charge in [0.25, 0.3) is 0 Å². The summed E-state index contributed by atoms with van der Waals surface area (Å²) >= 11 is 5.92. The third-order valence-corrected chi connectivity index (χ3v) is 3.30. The van der Waals surface area contributed by atoms with Gasteiger partial charge in [-0.25, -0.2) is 4.99 Å². The molecule has 0 aliphatic carbocycles. The average molecular weight is 461 g/mol. The molecule has 1 aromatic carbocycles. The molecule has 130 valence electrons. The molecule has 1 heterocycles. The molecule has 2 aromatic rings. The van der Waals surface area contributed by atoms with Crippen LogP contribution in [-0.4, -0.2) is 30.1 Å². The maximum Gasteiger partial charge on any atom is 0.188 e. The predicted octanol–water partition coefficient (Wildman–Crippen LogP) is 3.27. The maximum atomic E-state index is 5.92. The summed E-state index contributed by atoms with van der Waals surface area (Å²) in [5.74, 6) is 1.13. The monoisotopic (exact) mass is 460 g/mol. The highest BCUT2D eigenvalue weighted by Crippen LogP contribution is 2.18. The van der Waals surface area contributed by atoms with Crippen LogP contribution in [0.5, 0.6) is 5.75 Å². The van der Waals surface area contributed by atoms with E-state index in [4.69, 9.17) is 22.1 Å². The molecule has 0 saturated heterocycles. The topological polar surface area (TPSA) is 72.5 Å². The van der Waals surface area contributed by atoms with E-state index < -0.39 is 0 Å². The first-order valence-electron chi connectivity index (χ1n) is 7.49. The summed E-state index contributed by atoms with van der Waals surface area (Å²) in [7, 11) is 0. The lowest BCUT2D eigenvalue weighted by Gasteiger charge is -2.13. The number of nitrogens with one attached hydrogen (secondary N) is 1. The van der Waals surface area contributed by atoms with E-state index >= 15 is 0 Å². The van der Waals surface area contributed by atoms with E-state index in [0.29, 0.717) is 24.1 Å². The number of nitrogens with two attached hydrogens (primary N) is 1. The third-order valence-electron chi connectivity index (χ3n) is 3.07. The van der Waals surface area contributed by atoms with Gasteiger partial charge in [0.1, 0.15) is 11.9 Å². The van der Waals surface area contributed by atoms with Gasteiger partial charge in [0.15, 0.2) is 5.96 Å². The second kappa shape index (κ2) is 11.1. The van der Waals surface area contributed by atoms with Crippen molar-refractivity contribution in [2.24, 2.45) is 10.7 Å². The average Bonchev–Trinajstić information content (AvgIpc) is 2.54. The molecule has 1 aromatic heterocycles. The Balaban J connectivity index is 0.00000288. The highest BCUT2D eigenvalue weighted by Gasteiger charge is 2.04. The summed E-state index contributed by atoms with van der Waals surface area (Å²) < 4.78 is 5.73. The zero-order valence-corrected chi connectivity index (χ0v) is 16.6. The summed E-state index contributed by atoms with van der Waals surface area (Å²) in [4.78, 5) is 8.53. The van der Waals surface area contributed by atoms with Gasteiger partial charge >= 0.3 is 0 Å². The number of guanidine groups is 1. The SMILES string of the molecule is CC(CN=C(N)NCCc1ccccn1)Oc1cccc(Cl)c1.I. The number of halogens is 2. The molecule has 0 bridgehead atoms. The largest absolute Gasteiger partial charge is 0.489 e. The first-order valence-corrected chi connectivity index (χ1v) is 7.87. The molecule has 24 heavy (non-hydrogen) atoms. The van der Waals surface area contributed by atoms with Crippen LogP contribution in [0, 0.1) is 0 Å². The van der Waals surface area contributed by atoms with Crippen LogP contribution < -0.4 is 15.8 Å². The Morgan fingerprint density at radius 3 is 2.88 bits per heavy atom. The first kappa shape index (κ1) is 20.5. The van der Waals surface area contributed by atoms with Gasteiger partial charge in [-0.15, -0.1) is 24.0 Å². The van der Waals surface area contributed by atoms with Crippen LogP contribution >= 0.6 is 35.6 Å². The number of benzene rings is 1. The van der Waals surface area contributed by atoms with Gasteiger partial charge in [0.2, 0.25) is 0 Å². The summed E-state index contributed by atoms with van der Waals surface area (Å²) in [6, 6.07) is 13.1. The van der Waals surface area contributed by atoms with Gasteiger partial charge in [0.05, 0.1) is 6.54 Å². The molecular weight excluding hydrogens is 439 g/mol. The molecule has 0 spiro atoms. The van der Waals surface area contributed by atoms with Crippen molar-refractivity contribution in [1.82, 2.24) is 10.3 Å². The maximum absolute atomic E-state index is 5.92. The second-order valence-electron chi connectivity index (χ2n) is 5.11. The Morgan fingerprint density at radius 2 is 2.17 bits per heavy atom. The van der Waals surface area contributed by atoms with Crippen LogP contribution in [-0.2, 0) is 6.42 Å². The third kappa shape index (κ3) is 7.83. The van der Waals surface area contributed by atoms with Crippen molar-refractivity contribution < 1.29 is 4.74 Å². The number of rotatable bonds is 7. The molecule has 0 amide bonds. The standard InChI is InChI=1S/C17H21ClN4O.HI/c1-13(23-16-7-4-5-14(18)11-16)12-22-17(19)21-10-8-15-6-2-3-9-20-15;/h2-7,9,11,13H,8,10,12H2,1H3,(H3,19,21,22);1H. The Kier molecular flexibility index (Phi) is 9.48. The number of aromatic nitrogens is 1. The number of nitrogens with zero attached hydrogens (tertiary/aromatic N) is 2. The molecule has 0 saturated carbocycles. The molecule has 0 fully saturated rings. The van der Waals surface area contributed by atoms with Crippen LogP contribution in [0.25, 0.3) is 0 Å². The van der Waals surface area contributed by atoms with Crippen molar-refractivity contribution in [1.29, 1.82) is 0 Å². The van der Waals surface area contributed by atoms with Crippen molar-refractivity contribution in [3.8, 4) is 5.75 Å². The lowest BCUT2D eigenvalue weighted by molar-refractivity contribution is 0.230. The summed E-state index contributed by atoms with van der Waals surface area (Å²) in [5.41, 5.74) is 6.86. The quantitative estimate of drug-likeness (QED) is 0.378. The van der Waals surface area contributed by atoms with Crippen LogP contribution in [0.2, 0.25) is 5.02 Å². The fourth-order valence-corrected chi connectivity index (χ4v) is 2.14. The van der Waals surface area contributed by atoms with E-state index in [1.807, 2.05) is 37.3 Å². The predicted molar refractivity (Wildman–Crippen MR) is 109 cm³/mol. The van der Waals surface area contributed by atoms with Crippen molar-refractivity contribution in [3.05, 3.63) is 59.4 Å². The number of hydrogen-bond donors (Lipinski definition) is 2. The molecule has 1 atom stereocenters. The van der Waals surface area contributed by atoms with Crippen molar-refractivity contribution in [2.45, 2.75) is 19.4 Å². The summed E-state index contributed by atoms with van der Waals surface area (Å²) in [6.07, 6.45) is 2.48. The van der Waals surface area contributed by atoms with Gasteiger partial charge in [-0.1, -0.05) is 23.7 Å². The lowest BCUT2D eigenvalue weighted by atomic mass is 10.3. The molecule has 0 radical (unpaired) electrons. The van der Waals surface area contributed by atoms with Crippen LogP contribution in [0.4, 0.5) is 0 Å². The normalized spacial score (nSPS) is 12.2. The molecule has 3 N–H and O–H groups in total. The minimum Gasteiger partial charge on any atom is -0.489 e. The van der Waals surface area contributed by atoms with E-state index in [9.17, 15) is 0 Å². The molecule has 1 unspecified atom stereocenters. The Morgan fingerprint density at radius 1 is 1.33 bits per heavy atom. The Bertz CT molecular complexity index is 639. The minimum absolute atomic E-state index is 0. The Hall–Kier alpha value is -1.54. The van der Waals surface area contributed by atoms with Crippen molar-refractivity contribution in [2.75, 3.05) is 13.1 Å². The van der Waals surface area contributed by atoms with Crippen LogP contribution in [0.3, 0.4) is 0 Å². The zero-order valence-electron chi connectivity index (χ0n) is 13.5. The second-order valence-corrected chi connectivity index (χ2v) is 5.55. The number of ether oxygens (including phenoxy) is 1. The number of hydrogen-bond acceptors (Lipinski definition) is 3. The van der Waals surface area contributed by atoms with E-state index in [-0.39, 0.29) is 30.1 Å². The van der Waals surface area contributed by atoms with Gasteiger partial charge in [-0.05, 0) is 37.3 Å². The van der Waals surface area contributed by atoms with E-state index in [1.54, 1.807) is 18.3 Å². The minimum atomic E-state index is -0.0930. The lowest BCUT2D eigenvalue weighted by Crippen LogP contribution is -2.34. The molecule has 0 aliphatic heterocycles. The summed E-state index contributed by atoms with van der Waals surface area (Å²) in [5, 5.41) is 3.72. The van der Waals surface area contributed by atoms with E-state index in [1.165, 1.54) is 0 Å². The van der Waals surface area contributed by atoms with E-state index in [0.717, 1.165) is 17.9 Å². The van der Waals surface area contributed by atoms with E-state index in [2.05, 4.69) is 15.3 Å². The zero-order chi connectivity index (χ0) is 16.5.